The van der Waals surface area contributed by atoms with Crippen molar-refractivity contribution in [2.75, 3.05) is 20.6 Å². The van der Waals surface area contributed by atoms with Crippen LogP contribution in [0.2, 0.25) is 0 Å². The summed E-state index contributed by atoms with van der Waals surface area (Å²) in [4.78, 5) is 34.6. The average Bonchev–Trinajstić information content (AvgIpc) is 3.47. The molecule has 2 amide bonds. The van der Waals surface area contributed by atoms with E-state index in [2.05, 4.69) is 4.98 Å². The van der Waals surface area contributed by atoms with Gasteiger partial charge in [0.25, 0.3) is 11.8 Å². The minimum Gasteiger partial charge on any atom is -0.344 e. The molecule has 0 spiro atoms. The predicted molar refractivity (Wildman–Crippen MR) is 109 cm³/mol. The zero-order valence-electron chi connectivity index (χ0n) is 15.9. The third-order valence-electron chi connectivity index (χ3n) is 5.00. The highest BCUT2D eigenvalue weighted by atomic mass is 32.1. The molecular weight excluding hydrogens is 372 g/mol. The first-order valence-corrected chi connectivity index (χ1v) is 10.1. The molecule has 3 heterocycles. The maximum absolute atomic E-state index is 13.1. The van der Waals surface area contributed by atoms with Crippen LogP contribution >= 0.6 is 11.3 Å². The van der Waals surface area contributed by atoms with Gasteiger partial charge in [-0.2, -0.15) is 0 Å². The first-order valence-electron chi connectivity index (χ1n) is 9.25. The summed E-state index contributed by atoms with van der Waals surface area (Å²) in [6, 6.07) is 11.5. The number of nitrogens with zero attached hydrogens (tertiary/aromatic N) is 4. The van der Waals surface area contributed by atoms with Gasteiger partial charge in [-0.15, -0.1) is 11.3 Å². The molecule has 1 saturated heterocycles. The highest BCUT2D eigenvalue weighted by Gasteiger charge is 2.32. The summed E-state index contributed by atoms with van der Waals surface area (Å²) in [6.45, 7) is 0.738. The maximum atomic E-state index is 13.1. The molecule has 4 rings (SSSR count). The van der Waals surface area contributed by atoms with Crippen molar-refractivity contribution in [1.29, 1.82) is 0 Å². The Morgan fingerprint density at radius 3 is 2.61 bits per heavy atom. The highest BCUT2D eigenvalue weighted by molar-refractivity contribution is 7.14. The van der Waals surface area contributed by atoms with Crippen molar-refractivity contribution >= 4 is 23.2 Å². The second kappa shape index (κ2) is 7.59. The predicted octanol–water partition coefficient (Wildman–Crippen LogP) is 3.61. The Bertz CT molecular complexity index is 976. The number of imidazole rings is 1. The van der Waals surface area contributed by atoms with Crippen LogP contribution in [0.15, 0.2) is 55.1 Å². The van der Waals surface area contributed by atoms with Crippen molar-refractivity contribution in [1.82, 2.24) is 19.4 Å². The Hall–Kier alpha value is -2.93. The highest BCUT2D eigenvalue weighted by Crippen LogP contribution is 2.37. The maximum Gasteiger partial charge on any atom is 0.263 e. The summed E-state index contributed by atoms with van der Waals surface area (Å²) in [5.41, 5.74) is 1.65. The molecule has 0 aliphatic carbocycles. The number of hydrogen-bond donors (Lipinski definition) is 0. The van der Waals surface area contributed by atoms with E-state index in [1.807, 2.05) is 52.1 Å². The molecule has 0 radical (unpaired) electrons. The Labute approximate surface area is 168 Å². The Morgan fingerprint density at radius 2 is 1.93 bits per heavy atom. The molecule has 2 aromatic heterocycles. The topological polar surface area (TPSA) is 58.4 Å². The number of benzene rings is 1. The van der Waals surface area contributed by atoms with Crippen molar-refractivity contribution in [2.45, 2.75) is 18.9 Å². The summed E-state index contributed by atoms with van der Waals surface area (Å²) < 4.78 is 1.90. The first-order chi connectivity index (χ1) is 13.5. The summed E-state index contributed by atoms with van der Waals surface area (Å²) in [7, 11) is 3.50. The number of likely N-dealkylation sites (tertiary alicyclic amines) is 1. The fraction of sp³-hybridized carbons (Fsp3) is 0.286. The van der Waals surface area contributed by atoms with Gasteiger partial charge in [-0.25, -0.2) is 4.98 Å². The van der Waals surface area contributed by atoms with Crippen molar-refractivity contribution in [3.8, 4) is 5.69 Å². The van der Waals surface area contributed by atoms with Crippen molar-refractivity contribution < 1.29 is 9.59 Å². The van der Waals surface area contributed by atoms with Gasteiger partial charge in [-0.05, 0) is 49.2 Å². The molecular formula is C21H22N4O2S. The molecule has 1 aliphatic heterocycles. The van der Waals surface area contributed by atoms with Crippen LogP contribution in [0.5, 0.6) is 0 Å². The van der Waals surface area contributed by atoms with Crippen molar-refractivity contribution in [3.05, 3.63) is 70.4 Å². The lowest BCUT2D eigenvalue weighted by molar-refractivity contribution is 0.0737. The molecule has 1 fully saturated rings. The van der Waals surface area contributed by atoms with Gasteiger partial charge in [-0.1, -0.05) is 0 Å². The average molecular weight is 394 g/mol. The van der Waals surface area contributed by atoms with Gasteiger partial charge >= 0.3 is 0 Å². The van der Waals surface area contributed by atoms with Gasteiger partial charge < -0.3 is 14.4 Å². The molecule has 1 atom stereocenters. The minimum atomic E-state index is 0.00205. The quantitative estimate of drug-likeness (QED) is 0.679. The van der Waals surface area contributed by atoms with Gasteiger partial charge in [-0.3, -0.25) is 9.59 Å². The van der Waals surface area contributed by atoms with E-state index in [0.29, 0.717) is 10.4 Å². The molecule has 6 nitrogen and oxygen atoms in total. The molecule has 1 aliphatic rings. The van der Waals surface area contributed by atoms with Crippen LogP contribution in [0.1, 0.15) is 43.8 Å². The van der Waals surface area contributed by atoms with E-state index >= 15 is 0 Å². The standard InChI is InChI=1S/C21H22N4O2S/c1-23(2)21(27)19-10-9-18(28-19)17-4-3-12-25(17)20(26)15-5-7-16(8-6-15)24-13-11-22-14-24/h5-11,13-14,17H,3-4,12H2,1-2H3. The number of hydrogen-bond acceptors (Lipinski definition) is 4. The van der Waals surface area contributed by atoms with E-state index in [9.17, 15) is 9.59 Å². The molecule has 7 heteroatoms. The smallest absolute Gasteiger partial charge is 0.263 e. The van der Waals surface area contributed by atoms with Crippen LogP contribution in [-0.4, -0.2) is 51.8 Å². The molecule has 0 saturated carbocycles. The second-order valence-electron chi connectivity index (χ2n) is 7.07. The van der Waals surface area contributed by atoms with E-state index in [4.69, 9.17) is 0 Å². The monoisotopic (exact) mass is 394 g/mol. The molecule has 1 unspecified atom stereocenters. The minimum absolute atomic E-state index is 0.00205. The number of amides is 2. The number of carbonyl (C=O) groups is 2. The number of aromatic nitrogens is 2. The summed E-state index contributed by atoms with van der Waals surface area (Å²) >= 11 is 1.49. The Morgan fingerprint density at radius 1 is 1.14 bits per heavy atom. The molecule has 28 heavy (non-hydrogen) atoms. The van der Waals surface area contributed by atoms with Crippen LogP contribution in [0, 0.1) is 0 Å². The van der Waals surface area contributed by atoms with E-state index in [-0.39, 0.29) is 17.9 Å². The van der Waals surface area contributed by atoms with Crippen LogP contribution in [0.3, 0.4) is 0 Å². The third kappa shape index (κ3) is 3.45. The lowest BCUT2D eigenvalue weighted by atomic mass is 10.1. The van der Waals surface area contributed by atoms with Crippen LogP contribution in [-0.2, 0) is 0 Å². The van der Waals surface area contributed by atoms with E-state index in [1.54, 1.807) is 31.5 Å². The molecule has 0 bridgehead atoms. The summed E-state index contributed by atoms with van der Waals surface area (Å²) in [5.74, 6) is 0.0378. The van der Waals surface area contributed by atoms with Crippen LogP contribution in [0.25, 0.3) is 5.69 Å². The largest absolute Gasteiger partial charge is 0.344 e. The van der Waals surface area contributed by atoms with Gasteiger partial charge in [0.2, 0.25) is 0 Å². The summed E-state index contributed by atoms with van der Waals surface area (Å²) in [5, 5.41) is 0. The molecule has 0 N–H and O–H groups in total. The Kier molecular flexibility index (Phi) is 5.00. The van der Waals surface area contributed by atoms with Gasteiger partial charge in [0.1, 0.15) is 0 Å². The van der Waals surface area contributed by atoms with Crippen LogP contribution in [0.4, 0.5) is 0 Å². The van der Waals surface area contributed by atoms with Gasteiger partial charge in [0.15, 0.2) is 0 Å². The molecule has 1 aromatic carbocycles. The van der Waals surface area contributed by atoms with Crippen LogP contribution < -0.4 is 0 Å². The van der Waals surface area contributed by atoms with Gasteiger partial charge in [0, 0.05) is 49.2 Å². The fourth-order valence-electron chi connectivity index (χ4n) is 3.53. The first kappa shape index (κ1) is 18.4. The normalized spacial score (nSPS) is 16.4. The second-order valence-corrected chi connectivity index (χ2v) is 8.19. The lowest BCUT2D eigenvalue weighted by Gasteiger charge is -2.24. The third-order valence-corrected chi connectivity index (χ3v) is 6.18. The fourth-order valence-corrected chi connectivity index (χ4v) is 4.70. The zero-order valence-corrected chi connectivity index (χ0v) is 16.7. The Balaban J connectivity index is 1.53. The zero-order chi connectivity index (χ0) is 19.7. The van der Waals surface area contributed by atoms with E-state index in [1.165, 1.54) is 11.3 Å². The molecule has 144 valence electrons. The number of thiophene rings is 1. The summed E-state index contributed by atoms with van der Waals surface area (Å²) in [6.07, 6.45) is 7.23. The molecule has 3 aromatic rings. The lowest BCUT2D eigenvalue weighted by Crippen LogP contribution is -2.30. The van der Waals surface area contributed by atoms with Crippen molar-refractivity contribution in [3.63, 3.8) is 0 Å². The number of carbonyl (C=O) groups excluding carboxylic acids is 2. The van der Waals surface area contributed by atoms with E-state index in [0.717, 1.165) is 30.0 Å². The van der Waals surface area contributed by atoms with Crippen molar-refractivity contribution in [2.24, 2.45) is 0 Å². The number of rotatable bonds is 4. The SMILES string of the molecule is CN(C)C(=O)c1ccc(C2CCCN2C(=O)c2ccc(-n3ccnc3)cc2)s1. The van der Waals surface area contributed by atoms with E-state index < -0.39 is 0 Å². The van der Waals surface area contributed by atoms with Gasteiger partial charge in [0.05, 0.1) is 17.2 Å².